The van der Waals surface area contributed by atoms with Crippen LogP contribution in [0.1, 0.15) is 17.0 Å². The van der Waals surface area contributed by atoms with Gasteiger partial charge in [0.1, 0.15) is 23.9 Å². The van der Waals surface area contributed by atoms with Gasteiger partial charge in [-0.25, -0.2) is 4.98 Å². The standard InChI is InChI=1S/C20H21N3O2/c1-24-19-8-3-2-5-15(19)13-25-16-7-4-6-14(11-16)20-22-17-9-10-21-12-18(17)23-20/h2-8,11,21H,9-10,12-13H2,1H3,(H,22,23). The number of methoxy groups -OCH3 is 1. The van der Waals surface area contributed by atoms with E-state index < -0.39 is 0 Å². The van der Waals surface area contributed by atoms with Crippen molar-refractivity contribution < 1.29 is 9.47 Å². The van der Waals surface area contributed by atoms with Crippen molar-refractivity contribution in [3.8, 4) is 22.9 Å². The van der Waals surface area contributed by atoms with E-state index in [0.29, 0.717) is 6.61 Å². The molecule has 0 saturated heterocycles. The zero-order chi connectivity index (χ0) is 17.1. The summed E-state index contributed by atoms with van der Waals surface area (Å²) >= 11 is 0. The van der Waals surface area contributed by atoms with Crippen LogP contribution in [0.4, 0.5) is 0 Å². The third-order valence-corrected chi connectivity index (χ3v) is 4.40. The maximum Gasteiger partial charge on any atom is 0.137 e. The van der Waals surface area contributed by atoms with E-state index >= 15 is 0 Å². The van der Waals surface area contributed by atoms with Crippen LogP contribution in [0.2, 0.25) is 0 Å². The zero-order valence-electron chi connectivity index (χ0n) is 14.2. The van der Waals surface area contributed by atoms with Gasteiger partial charge in [-0.1, -0.05) is 30.3 Å². The number of imidazole rings is 1. The van der Waals surface area contributed by atoms with Crippen molar-refractivity contribution in [2.24, 2.45) is 0 Å². The third-order valence-electron chi connectivity index (χ3n) is 4.40. The van der Waals surface area contributed by atoms with Crippen molar-refractivity contribution in [3.63, 3.8) is 0 Å². The molecule has 1 aliphatic rings. The second kappa shape index (κ2) is 6.99. The SMILES string of the molecule is COc1ccccc1COc1cccc(-c2nc3c([nH]2)CNCC3)c1. The Balaban J connectivity index is 1.52. The lowest BCUT2D eigenvalue weighted by Gasteiger charge is -2.10. The molecule has 128 valence electrons. The van der Waals surface area contributed by atoms with Gasteiger partial charge in [-0.3, -0.25) is 0 Å². The van der Waals surface area contributed by atoms with E-state index in [9.17, 15) is 0 Å². The summed E-state index contributed by atoms with van der Waals surface area (Å²) in [7, 11) is 1.67. The fourth-order valence-corrected chi connectivity index (χ4v) is 3.07. The van der Waals surface area contributed by atoms with Crippen LogP contribution in [0.15, 0.2) is 48.5 Å². The molecule has 1 aromatic heterocycles. The quantitative estimate of drug-likeness (QED) is 0.751. The average Bonchev–Trinajstić information content (AvgIpc) is 3.11. The van der Waals surface area contributed by atoms with Gasteiger partial charge < -0.3 is 19.8 Å². The summed E-state index contributed by atoms with van der Waals surface area (Å²) in [6.07, 6.45) is 0.968. The number of fused-ring (bicyclic) bond motifs is 1. The van der Waals surface area contributed by atoms with Crippen molar-refractivity contribution >= 4 is 0 Å². The normalized spacial score (nSPS) is 13.3. The smallest absolute Gasteiger partial charge is 0.137 e. The number of H-pyrrole nitrogens is 1. The molecule has 4 rings (SSSR count). The van der Waals surface area contributed by atoms with Crippen LogP contribution >= 0.6 is 0 Å². The maximum atomic E-state index is 5.96. The molecule has 2 heterocycles. The highest BCUT2D eigenvalue weighted by Gasteiger charge is 2.15. The van der Waals surface area contributed by atoms with Gasteiger partial charge in [0.2, 0.25) is 0 Å². The third kappa shape index (κ3) is 3.37. The van der Waals surface area contributed by atoms with E-state index in [2.05, 4.69) is 10.3 Å². The number of rotatable bonds is 5. The minimum Gasteiger partial charge on any atom is -0.496 e. The summed E-state index contributed by atoms with van der Waals surface area (Å²) in [5.41, 5.74) is 4.40. The highest BCUT2D eigenvalue weighted by Crippen LogP contribution is 2.25. The van der Waals surface area contributed by atoms with Crippen LogP contribution in [0.5, 0.6) is 11.5 Å². The highest BCUT2D eigenvalue weighted by molar-refractivity contribution is 5.58. The number of hydrogen-bond donors (Lipinski definition) is 2. The molecule has 3 aromatic rings. The van der Waals surface area contributed by atoms with Crippen LogP contribution in [0.3, 0.4) is 0 Å². The molecule has 0 saturated carbocycles. The Morgan fingerprint density at radius 1 is 1.12 bits per heavy atom. The summed E-state index contributed by atoms with van der Waals surface area (Å²) < 4.78 is 11.3. The summed E-state index contributed by atoms with van der Waals surface area (Å²) in [6, 6.07) is 15.9. The molecule has 0 spiro atoms. The van der Waals surface area contributed by atoms with Crippen molar-refractivity contribution in [3.05, 3.63) is 65.5 Å². The number of benzene rings is 2. The van der Waals surface area contributed by atoms with Crippen LogP contribution in [-0.2, 0) is 19.6 Å². The first-order chi connectivity index (χ1) is 12.3. The molecule has 0 bridgehead atoms. The largest absolute Gasteiger partial charge is 0.496 e. The Kier molecular flexibility index (Phi) is 4.39. The molecule has 2 aromatic carbocycles. The summed E-state index contributed by atoms with van der Waals surface area (Å²) in [4.78, 5) is 8.16. The minimum atomic E-state index is 0.464. The molecular formula is C20H21N3O2. The van der Waals surface area contributed by atoms with Gasteiger partial charge in [-0.15, -0.1) is 0 Å². The van der Waals surface area contributed by atoms with Gasteiger partial charge in [-0.05, 0) is 18.2 Å². The molecule has 25 heavy (non-hydrogen) atoms. The Morgan fingerprint density at radius 3 is 2.92 bits per heavy atom. The predicted molar refractivity (Wildman–Crippen MR) is 96.8 cm³/mol. The topological polar surface area (TPSA) is 59.2 Å². The number of nitrogens with one attached hydrogen (secondary N) is 2. The van der Waals surface area contributed by atoms with Gasteiger partial charge in [0.15, 0.2) is 0 Å². The molecule has 0 atom stereocenters. The van der Waals surface area contributed by atoms with Crippen molar-refractivity contribution in [1.29, 1.82) is 0 Å². The molecule has 0 radical (unpaired) electrons. The Hall–Kier alpha value is -2.79. The fourth-order valence-electron chi connectivity index (χ4n) is 3.07. The van der Waals surface area contributed by atoms with E-state index in [1.807, 2.05) is 48.5 Å². The second-order valence-corrected chi connectivity index (χ2v) is 6.07. The molecule has 0 fully saturated rings. The molecule has 5 heteroatoms. The van der Waals surface area contributed by atoms with E-state index in [0.717, 1.165) is 53.7 Å². The van der Waals surface area contributed by atoms with Crippen molar-refractivity contribution in [1.82, 2.24) is 15.3 Å². The average molecular weight is 335 g/mol. The zero-order valence-corrected chi connectivity index (χ0v) is 14.2. The monoisotopic (exact) mass is 335 g/mol. The summed E-state index contributed by atoms with van der Waals surface area (Å²) in [6.45, 7) is 2.30. The minimum absolute atomic E-state index is 0.464. The van der Waals surface area contributed by atoms with Gasteiger partial charge >= 0.3 is 0 Å². The van der Waals surface area contributed by atoms with Crippen LogP contribution in [0, 0.1) is 0 Å². The first-order valence-corrected chi connectivity index (χ1v) is 8.47. The fraction of sp³-hybridized carbons (Fsp3) is 0.250. The van der Waals surface area contributed by atoms with E-state index in [1.54, 1.807) is 7.11 Å². The second-order valence-electron chi connectivity index (χ2n) is 6.07. The summed E-state index contributed by atoms with van der Waals surface area (Å²) in [5, 5.41) is 3.36. The molecule has 0 amide bonds. The molecule has 5 nitrogen and oxygen atoms in total. The number of para-hydroxylation sites is 1. The predicted octanol–water partition coefficient (Wildman–Crippen LogP) is 3.31. The molecular weight excluding hydrogens is 314 g/mol. The molecule has 1 aliphatic heterocycles. The molecule has 0 aliphatic carbocycles. The summed E-state index contributed by atoms with van der Waals surface area (Å²) in [5.74, 6) is 2.55. The van der Waals surface area contributed by atoms with Gasteiger partial charge in [0.25, 0.3) is 0 Å². The lowest BCUT2D eigenvalue weighted by atomic mass is 10.2. The highest BCUT2D eigenvalue weighted by atomic mass is 16.5. The van der Waals surface area contributed by atoms with Crippen LogP contribution in [0.25, 0.3) is 11.4 Å². The number of aromatic nitrogens is 2. The van der Waals surface area contributed by atoms with Gasteiger partial charge in [0, 0.05) is 30.6 Å². The Bertz CT molecular complexity index is 849. The van der Waals surface area contributed by atoms with Crippen molar-refractivity contribution in [2.45, 2.75) is 19.6 Å². The van der Waals surface area contributed by atoms with E-state index in [4.69, 9.17) is 14.5 Å². The molecule has 2 N–H and O–H groups in total. The lowest BCUT2D eigenvalue weighted by Crippen LogP contribution is -2.23. The first-order valence-electron chi connectivity index (χ1n) is 8.47. The number of aromatic amines is 1. The van der Waals surface area contributed by atoms with Crippen LogP contribution in [-0.4, -0.2) is 23.6 Å². The van der Waals surface area contributed by atoms with Gasteiger partial charge in [0.05, 0.1) is 18.5 Å². The van der Waals surface area contributed by atoms with E-state index in [1.165, 1.54) is 5.69 Å². The number of nitrogens with zero attached hydrogens (tertiary/aromatic N) is 1. The molecule has 0 unspecified atom stereocenters. The number of hydrogen-bond acceptors (Lipinski definition) is 4. The Morgan fingerprint density at radius 2 is 2.04 bits per heavy atom. The van der Waals surface area contributed by atoms with Gasteiger partial charge in [-0.2, -0.15) is 0 Å². The maximum absolute atomic E-state index is 5.96. The number of ether oxygens (including phenoxy) is 2. The van der Waals surface area contributed by atoms with E-state index in [-0.39, 0.29) is 0 Å². The van der Waals surface area contributed by atoms with Crippen molar-refractivity contribution in [2.75, 3.05) is 13.7 Å². The first kappa shape index (κ1) is 15.7. The Labute approximate surface area is 147 Å². The van der Waals surface area contributed by atoms with Crippen LogP contribution < -0.4 is 14.8 Å². The lowest BCUT2D eigenvalue weighted by molar-refractivity contribution is 0.297.